The smallest absolute Gasteiger partial charge is 0.230 e. The fourth-order valence-corrected chi connectivity index (χ4v) is 4.96. The van der Waals surface area contributed by atoms with Crippen LogP contribution in [0, 0.1) is 11.2 Å². The van der Waals surface area contributed by atoms with Crippen LogP contribution in [0.4, 0.5) is 15.9 Å². The van der Waals surface area contributed by atoms with Crippen molar-refractivity contribution in [2.75, 3.05) is 29.9 Å². The SMILES string of the molecule is CC1(C(=O)Nc2cnn3ccc(N4CCC[C@@H]4c4cc(F)ccc4Cl)nc23)CCNCC1.Cl. The third-order valence-corrected chi connectivity index (χ3v) is 7.07. The second kappa shape index (κ2) is 9.44. The summed E-state index contributed by atoms with van der Waals surface area (Å²) in [7, 11) is 0. The topological polar surface area (TPSA) is 74.6 Å². The number of hydrogen-bond donors (Lipinski definition) is 2. The minimum Gasteiger partial charge on any atom is -0.349 e. The summed E-state index contributed by atoms with van der Waals surface area (Å²) < 4.78 is 15.6. The summed E-state index contributed by atoms with van der Waals surface area (Å²) in [5.41, 5.74) is 1.54. The lowest BCUT2D eigenvalue weighted by Crippen LogP contribution is -2.42. The molecule has 4 heterocycles. The molecule has 2 saturated heterocycles. The highest BCUT2D eigenvalue weighted by Crippen LogP contribution is 2.39. The summed E-state index contributed by atoms with van der Waals surface area (Å²) in [6, 6.07) is 6.33. The molecule has 2 fully saturated rings. The number of nitrogens with one attached hydrogen (secondary N) is 2. The Bertz CT molecular complexity index is 1160. The van der Waals surface area contributed by atoms with Crippen LogP contribution in [0.3, 0.4) is 0 Å². The lowest BCUT2D eigenvalue weighted by Gasteiger charge is -2.32. The van der Waals surface area contributed by atoms with Gasteiger partial charge in [-0.3, -0.25) is 4.79 Å². The molecule has 5 rings (SSSR count). The Balaban J connectivity index is 0.00000259. The highest BCUT2D eigenvalue weighted by molar-refractivity contribution is 6.31. The van der Waals surface area contributed by atoms with Crippen molar-refractivity contribution in [3.63, 3.8) is 0 Å². The van der Waals surface area contributed by atoms with Crippen LogP contribution in [0.1, 0.15) is 44.2 Å². The maximum Gasteiger partial charge on any atom is 0.230 e. The van der Waals surface area contributed by atoms with Gasteiger partial charge in [0.05, 0.1) is 12.2 Å². The van der Waals surface area contributed by atoms with E-state index in [1.54, 1.807) is 16.8 Å². The van der Waals surface area contributed by atoms with Crippen LogP contribution in [0.5, 0.6) is 0 Å². The van der Waals surface area contributed by atoms with Crippen LogP contribution in [0.25, 0.3) is 5.65 Å². The standard InChI is InChI=1S/C23H26ClFN6O.ClH/c1-23(7-9-26-10-8-23)22(32)28-18-14-27-31-12-6-20(29-21(18)31)30-11-2-3-19(30)16-13-15(25)4-5-17(16)24;/h4-6,12-14,19,26H,2-3,7-11H2,1H3,(H,28,32);1H/t19-;/m1./s1. The van der Waals surface area contributed by atoms with Crippen molar-refractivity contribution < 1.29 is 9.18 Å². The number of carbonyl (C=O) groups excluding carboxylic acids is 1. The fourth-order valence-electron chi connectivity index (χ4n) is 4.72. The van der Waals surface area contributed by atoms with Gasteiger partial charge in [-0.1, -0.05) is 18.5 Å². The molecule has 176 valence electrons. The van der Waals surface area contributed by atoms with Crippen molar-refractivity contribution in [3.8, 4) is 0 Å². The number of carbonyl (C=O) groups is 1. The quantitative estimate of drug-likeness (QED) is 0.555. The zero-order valence-electron chi connectivity index (χ0n) is 18.4. The molecule has 33 heavy (non-hydrogen) atoms. The summed E-state index contributed by atoms with van der Waals surface area (Å²) in [4.78, 5) is 20.0. The molecule has 2 aromatic heterocycles. The number of amides is 1. The summed E-state index contributed by atoms with van der Waals surface area (Å²) >= 11 is 6.40. The Morgan fingerprint density at radius 2 is 2.09 bits per heavy atom. The van der Waals surface area contributed by atoms with Crippen molar-refractivity contribution in [1.29, 1.82) is 0 Å². The summed E-state index contributed by atoms with van der Waals surface area (Å²) in [5, 5.41) is 11.3. The van der Waals surface area contributed by atoms with E-state index in [0.717, 1.165) is 56.7 Å². The first-order valence-electron chi connectivity index (χ1n) is 11.0. The van der Waals surface area contributed by atoms with Gasteiger partial charge in [0, 0.05) is 23.2 Å². The largest absolute Gasteiger partial charge is 0.349 e. The minimum atomic E-state index is -0.411. The third-order valence-electron chi connectivity index (χ3n) is 6.72. The predicted octanol–water partition coefficient (Wildman–Crippen LogP) is 4.61. The van der Waals surface area contributed by atoms with Crippen LogP contribution in [0.15, 0.2) is 36.7 Å². The summed E-state index contributed by atoms with van der Waals surface area (Å²) in [6.45, 7) is 4.47. The molecule has 10 heteroatoms. The van der Waals surface area contributed by atoms with Gasteiger partial charge in [-0.05, 0) is 68.6 Å². The van der Waals surface area contributed by atoms with Crippen LogP contribution >= 0.6 is 24.0 Å². The molecule has 0 radical (unpaired) electrons. The molecule has 0 aliphatic carbocycles. The van der Waals surface area contributed by atoms with E-state index >= 15 is 0 Å². The van der Waals surface area contributed by atoms with Gasteiger partial charge in [0.1, 0.15) is 17.3 Å². The van der Waals surface area contributed by atoms with Crippen LogP contribution in [-0.4, -0.2) is 40.1 Å². The van der Waals surface area contributed by atoms with E-state index in [2.05, 4.69) is 20.6 Å². The molecular formula is C23H27Cl2FN6O. The molecule has 0 unspecified atom stereocenters. The second-order valence-electron chi connectivity index (χ2n) is 8.89. The number of aromatic nitrogens is 3. The Labute approximate surface area is 203 Å². The van der Waals surface area contributed by atoms with E-state index in [-0.39, 0.29) is 30.2 Å². The monoisotopic (exact) mass is 492 g/mol. The number of anilines is 2. The van der Waals surface area contributed by atoms with E-state index in [1.165, 1.54) is 12.1 Å². The van der Waals surface area contributed by atoms with Crippen LogP contribution < -0.4 is 15.5 Å². The van der Waals surface area contributed by atoms with Crippen molar-refractivity contribution in [2.24, 2.45) is 5.41 Å². The average Bonchev–Trinajstić information content (AvgIpc) is 3.43. The van der Waals surface area contributed by atoms with Gasteiger partial charge in [-0.25, -0.2) is 13.9 Å². The Morgan fingerprint density at radius 3 is 2.88 bits per heavy atom. The summed E-state index contributed by atoms with van der Waals surface area (Å²) in [5.74, 6) is 0.447. The number of benzene rings is 1. The third kappa shape index (κ3) is 4.52. The highest BCUT2D eigenvalue weighted by Gasteiger charge is 2.35. The van der Waals surface area contributed by atoms with E-state index in [1.807, 2.05) is 19.2 Å². The molecule has 0 saturated carbocycles. The lowest BCUT2D eigenvalue weighted by molar-refractivity contribution is -0.126. The second-order valence-corrected chi connectivity index (χ2v) is 9.30. The van der Waals surface area contributed by atoms with Gasteiger partial charge in [0.25, 0.3) is 0 Å². The molecule has 3 aromatic rings. The molecule has 7 nitrogen and oxygen atoms in total. The zero-order valence-corrected chi connectivity index (χ0v) is 19.9. The van der Waals surface area contributed by atoms with Crippen molar-refractivity contribution in [2.45, 2.75) is 38.6 Å². The zero-order chi connectivity index (χ0) is 22.3. The maximum atomic E-state index is 13.9. The summed E-state index contributed by atoms with van der Waals surface area (Å²) in [6.07, 6.45) is 6.88. The molecule has 1 amide bonds. The highest BCUT2D eigenvalue weighted by atomic mass is 35.5. The normalized spacial score (nSPS) is 20.0. The predicted molar refractivity (Wildman–Crippen MR) is 130 cm³/mol. The number of halogens is 3. The molecule has 0 bridgehead atoms. The van der Waals surface area contributed by atoms with Gasteiger partial charge in [0.15, 0.2) is 5.65 Å². The Kier molecular flexibility index (Phi) is 6.79. The van der Waals surface area contributed by atoms with Gasteiger partial charge in [0.2, 0.25) is 5.91 Å². The van der Waals surface area contributed by atoms with Gasteiger partial charge < -0.3 is 15.5 Å². The van der Waals surface area contributed by atoms with Gasteiger partial charge in [-0.15, -0.1) is 12.4 Å². The van der Waals surface area contributed by atoms with Crippen molar-refractivity contribution in [3.05, 3.63) is 53.1 Å². The van der Waals surface area contributed by atoms with Crippen LogP contribution in [-0.2, 0) is 4.79 Å². The van der Waals surface area contributed by atoms with Crippen molar-refractivity contribution >= 4 is 47.1 Å². The molecule has 0 spiro atoms. The number of rotatable bonds is 4. The lowest BCUT2D eigenvalue weighted by atomic mass is 9.80. The molecule has 1 aromatic carbocycles. The van der Waals surface area contributed by atoms with Gasteiger partial charge in [-0.2, -0.15) is 5.10 Å². The number of nitrogens with zero attached hydrogens (tertiary/aromatic N) is 4. The fraction of sp³-hybridized carbons (Fsp3) is 0.435. The maximum absolute atomic E-state index is 13.9. The average molecular weight is 493 g/mol. The number of fused-ring (bicyclic) bond motifs is 1. The first-order valence-corrected chi connectivity index (χ1v) is 11.4. The first-order chi connectivity index (χ1) is 15.4. The van der Waals surface area contributed by atoms with E-state index in [9.17, 15) is 9.18 Å². The number of piperidine rings is 1. The van der Waals surface area contributed by atoms with E-state index in [0.29, 0.717) is 16.4 Å². The molecule has 2 N–H and O–H groups in total. The van der Waals surface area contributed by atoms with E-state index in [4.69, 9.17) is 16.6 Å². The first kappa shape index (κ1) is 23.7. The van der Waals surface area contributed by atoms with E-state index < -0.39 is 5.41 Å². The molecule has 2 aliphatic heterocycles. The Morgan fingerprint density at radius 1 is 1.30 bits per heavy atom. The molecule has 1 atom stereocenters. The van der Waals surface area contributed by atoms with Crippen LogP contribution in [0.2, 0.25) is 5.02 Å². The molecule has 2 aliphatic rings. The van der Waals surface area contributed by atoms with Gasteiger partial charge >= 0.3 is 0 Å². The molecular weight excluding hydrogens is 466 g/mol. The minimum absolute atomic E-state index is 0. The Hall–Kier alpha value is -2.42. The van der Waals surface area contributed by atoms with Crippen molar-refractivity contribution in [1.82, 2.24) is 19.9 Å². The number of hydrogen-bond acceptors (Lipinski definition) is 5.